The van der Waals surface area contributed by atoms with E-state index in [-0.39, 0.29) is 28.7 Å². The molecule has 1 aliphatic heterocycles. The Bertz CT molecular complexity index is 1290. The first-order chi connectivity index (χ1) is 15.7. The van der Waals surface area contributed by atoms with Gasteiger partial charge in [0, 0.05) is 10.8 Å². The second kappa shape index (κ2) is 8.84. The van der Waals surface area contributed by atoms with Crippen molar-refractivity contribution in [2.45, 2.75) is 23.0 Å². The number of fused-ring (bicyclic) bond motifs is 1. The van der Waals surface area contributed by atoms with Gasteiger partial charge in [-0.25, -0.2) is 4.98 Å². The van der Waals surface area contributed by atoms with Crippen molar-refractivity contribution in [2.24, 2.45) is 5.73 Å². The Morgan fingerprint density at radius 3 is 2.42 bits per heavy atom. The number of anilines is 1. The zero-order chi connectivity index (χ0) is 23.8. The third kappa shape index (κ3) is 4.55. The Morgan fingerprint density at radius 2 is 1.79 bits per heavy atom. The van der Waals surface area contributed by atoms with Gasteiger partial charge in [0.25, 0.3) is 0 Å². The minimum atomic E-state index is -4.49. The van der Waals surface area contributed by atoms with Gasteiger partial charge in [0.15, 0.2) is 5.16 Å². The number of nitrogen functional groups attached to an aromatic ring is 1. The topological polar surface area (TPSA) is 111 Å². The van der Waals surface area contributed by atoms with Crippen LogP contribution in [-0.4, -0.2) is 9.97 Å². The highest BCUT2D eigenvalue weighted by atomic mass is 35.5. The van der Waals surface area contributed by atoms with Crippen LogP contribution in [0.5, 0.6) is 5.88 Å². The van der Waals surface area contributed by atoms with Crippen molar-refractivity contribution < 1.29 is 17.9 Å². The number of rotatable bonds is 4. The first-order valence-corrected chi connectivity index (χ1v) is 10.8. The molecule has 0 spiro atoms. The average molecular weight is 490 g/mol. The highest BCUT2D eigenvalue weighted by molar-refractivity contribution is 7.98. The number of hydrogen-bond donors (Lipinski definition) is 2. The van der Waals surface area contributed by atoms with Crippen molar-refractivity contribution in [3.8, 4) is 11.9 Å². The fraction of sp³-hybridized carbons (Fsp3) is 0.136. The zero-order valence-electron chi connectivity index (χ0n) is 16.7. The Morgan fingerprint density at radius 1 is 1.09 bits per heavy atom. The molecule has 3 aromatic rings. The SMILES string of the molecule is N#CC1=C(N)Oc2nc(SCc3ccccc3Cl)nc(N)c2C1c1ccc(C(F)(F)F)cc1. The summed E-state index contributed by atoms with van der Waals surface area (Å²) in [5.74, 6) is -0.522. The second-order valence-corrected chi connectivity index (χ2v) is 8.38. The predicted molar refractivity (Wildman–Crippen MR) is 118 cm³/mol. The minimum Gasteiger partial charge on any atom is -0.422 e. The molecule has 0 saturated heterocycles. The summed E-state index contributed by atoms with van der Waals surface area (Å²) < 4.78 is 44.5. The van der Waals surface area contributed by atoms with E-state index < -0.39 is 17.7 Å². The van der Waals surface area contributed by atoms with Gasteiger partial charge in [0.2, 0.25) is 11.8 Å². The maximum Gasteiger partial charge on any atom is 0.416 e. The van der Waals surface area contributed by atoms with Gasteiger partial charge < -0.3 is 16.2 Å². The minimum absolute atomic E-state index is 0.00836. The third-order valence-electron chi connectivity index (χ3n) is 4.98. The largest absolute Gasteiger partial charge is 0.422 e. The maximum atomic E-state index is 13.0. The van der Waals surface area contributed by atoms with Crippen molar-refractivity contribution in [1.29, 1.82) is 5.26 Å². The summed E-state index contributed by atoms with van der Waals surface area (Å²) in [5, 5.41) is 10.5. The van der Waals surface area contributed by atoms with Crippen molar-refractivity contribution in [1.82, 2.24) is 9.97 Å². The lowest BCUT2D eigenvalue weighted by molar-refractivity contribution is -0.137. The molecule has 33 heavy (non-hydrogen) atoms. The molecule has 1 atom stereocenters. The smallest absolute Gasteiger partial charge is 0.416 e. The molecule has 4 N–H and O–H groups in total. The Kier molecular flexibility index (Phi) is 6.10. The molecule has 1 aromatic heterocycles. The molecule has 0 saturated carbocycles. The van der Waals surface area contributed by atoms with Crippen LogP contribution in [0.3, 0.4) is 0 Å². The summed E-state index contributed by atoms with van der Waals surface area (Å²) in [7, 11) is 0. The summed E-state index contributed by atoms with van der Waals surface area (Å²) in [6, 6.07) is 13.7. The second-order valence-electron chi connectivity index (χ2n) is 7.03. The molecular weight excluding hydrogens is 475 g/mol. The first kappa shape index (κ1) is 22.8. The number of ether oxygens (including phenoxy) is 1. The summed E-state index contributed by atoms with van der Waals surface area (Å²) >= 11 is 7.46. The van der Waals surface area contributed by atoms with Crippen LogP contribution < -0.4 is 16.2 Å². The van der Waals surface area contributed by atoms with Crippen molar-refractivity contribution in [3.63, 3.8) is 0 Å². The summed E-state index contributed by atoms with van der Waals surface area (Å²) in [6.07, 6.45) is -4.49. The standard InChI is InChI=1S/C22H15ClF3N5OS/c23-15-4-2-1-3-12(15)10-33-21-30-18(28)17-16(14(9-27)19(29)32-20(17)31-21)11-5-7-13(8-6-11)22(24,25)26/h1-8,16H,10,29H2,(H2,28,30,31). The van der Waals surface area contributed by atoms with Crippen molar-refractivity contribution in [3.05, 3.63) is 87.3 Å². The van der Waals surface area contributed by atoms with Gasteiger partial charge >= 0.3 is 6.18 Å². The van der Waals surface area contributed by atoms with Crippen LogP contribution in [0.1, 0.15) is 28.2 Å². The van der Waals surface area contributed by atoms with Gasteiger partial charge in [-0.1, -0.05) is 53.7 Å². The molecule has 0 fully saturated rings. The molecule has 2 aromatic carbocycles. The van der Waals surface area contributed by atoms with Crippen LogP contribution in [0, 0.1) is 11.3 Å². The number of halogens is 4. The van der Waals surface area contributed by atoms with Crippen molar-refractivity contribution in [2.75, 3.05) is 5.73 Å². The van der Waals surface area contributed by atoms with Gasteiger partial charge in [-0.2, -0.15) is 23.4 Å². The van der Waals surface area contributed by atoms with Gasteiger partial charge in [0.05, 0.1) is 17.0 Å². The van der Waals surface area contributed by atoms with E-state index in [0.717, 1.165) is 17.7 Å². The first-order valence-electron chi connectivity index (χ1n) is 9.47. The molecule has 168 valence electrons. The molecule has 0 radical (unpaired) electrons. The highest BCUT2D eigenvalue weighted by Crippen LogP contribution is 2.44. The molecule has 0 bridgehead atoms. The van der Waals surface area contributed by atoms with E-state index in [4.69, 9.17) is 27.8 Å². The van der Waals surface area contributed by atoms with Gasteiger partial charge in [-0.3, -0.25) is 0 Å². The van der Waals surface area contributed by atoms with E-state index in [0.29, 0.717) is 21.5 Å². The number of aromatic nitrogens is 2. The van der Waals surface area contributed by atoms with E-state index in [1.165, 1.54) is 23.9 Å². The monoisotopic (exact) mass is 489 g/mol. The van der Waals surface area contributed by atoms with Crippen LogP contribution in [0.25, 0.3) is 0 Å². The molecule has 2 heterocycles. The number of allylic oxidation sites excluding steroid dienone is 1. The average Bonchev–Trinajstić information content (AvgIpc) is 2.77. The lowest BCUT2D eigenvalue weighted by atomic mass is 9.84. The van der Waals surface area contributed by atoms with Gasteiger partial charge in [-0.05, 0) is 29.3 Å². The number of alkyl halides is 3. The molecule has 0 amide bonds. The summed E-state index contributed by atoms with van der Waals surface area (Å²) in [5.41, 5.74) is 12.9. The van der Waals surface area contributed by atoms with E-state index in [1.807, 2.05) is 24.3 Å². The van der Waals surface area contributed by atoms with E-state index in [9.17, 15) is 18.4 Å². The number of thioether (sulfide) groups is 1. The van der Waals surface area contributed by atoms with E-state index in [2.05, 4.69) is 9.97 Å². The molecule has 6 nitrogen and oxygen atoms in total. The summed E-state index contributed by atoms with van der Waals surface area (Å²) in [4.78, 5) is 8.68. The lowest BCUT2D eigenvalue weighted by Gasteiger charge is -2.26. The Hall–Kier alpha value is -3.42. The molecular formula is C22H15ClF3N5OS. The Labute approximate surface area is 196 Å². The quantitative estimate of drug-likeness (QED) is 0.380. The van der Waals surface area contributed by atoms with E-state index in [1.54, 1.807) is 6.07 Å². The number of benzene rings is 2. The predicted octanol–water partition coefficient (Wildman–Crippen LogP) is 5.24. The van der Waals surface area contributed by atoms with Gasteiger partial charge in [-0.15, -0.1) is 0 Å². The van der Waals surface area contributed by atoms with Crippen LogP contribution in [0.2, 0.25) is 5.02 Å². The van der Waals surface area contributed by atoms with Crippen LogP contribution >= 0.6 is 23.4 Å². The zero-order valence-corrected chi connectivity index (χ0v) is 18.3. The number of nitrogens with zero attached hydrogens (tertiary/aromatic N) is 3. The molecule has 11 heteroatoms. The lowest BCUT2D eigenvalue weighted by Crippen LogP contribution is -2.24. The molecule has 1 aliphatic rings. The fourth-order valence-electron chi connectivity index (χ4n) is 3.38. The highest BCUT2D eigenvalue weighted by Gasteiger charge is 2.36. The molecule has 4 rings (SSSR count). The normalized spacial score (nSPS) is 15.5. The third-order valence-corrected chi connectivity index (χ3v) is 6.24. The fourth-order valence-corrected chi connectivity index (χ4v) is 4.51. The number of hydrogen-bond acceptors (Lipinski definition) is 7. The van der Waals surface area contributed by atoms with Crippen molar-refractivity contribution >= 4 is 29.2 Å². The van der Waals surface area contributed by atoms with Gasteiger partial charge in [0.1, 0.15) is 17.5 Å². The van der Waals surface area contributed by atoms with Crippen LogP contribution in [-0.2, 0) is 11.9 Å². The molecule has 1 unspecified atom stereocenters. The van der Waals surface area contributed by atoms with Crippen LogP contribution in [0.15, 0.2) is 65.1 Å². The number of nitriles is 1. The van der Waals surface area contributed by atoms with E-state index >= 15 is 0 Å². The molecule has 0 aliphatic carbocycles. The van der Waals surface area contributed by atoms with Crippen LogP contribution in [0.4, 0.5) is 19.0 Å². The Balaban J connectivity index is 1.72. The summed E-state index contributed by atoms with van der Waals surface area (Å²) in [6.45, 7) is 0. The maximum absolute atomic E-state index is 13.0. The number of nitrogens with two attached hydrogens (primary N) is 2.